The maximum absolute atomic E-state index is 6.24. The van der Waals surface area contributed by atoms with Gasteiger partial charge in [0.15, 0.2) is 0 Å². The van der Waals surface area contributed by atoms with Crippen molar-refractivity contribution in [3.05, 3.63) is 65.3 Å². The molecule has 0 radical (unpaired) electrons. The van der Waals surface area contributed by atoms with Crippen LogP contribution in [0.2, 0.25) is 5.15 Å². The summed E-state index contributed by atoms with van der Waals surface area (Å²) in [7, 11) is 0. The first-order valence-electron chi connectivity index (χ1n) is 6.12. The van der Waals surface area contributed by atoms with E-state index in [0.29, 0.717) is 5.15 Å². The molecule has 2 aromatic carbocycles. The lowest BCUT2D eigenvalue weighted by Crippen LogP contribution is -1.81. The van der Waals surface area contributed by atoms with Gasteiger partial charge in [-0.1, -0.05) is 71.8 Å². The van der Waals surface area contributed by atoms with Crippen molar-refractivity contribution in [2.75, 3.05) is 0 Å². The fraction of sp³-hybridized carbons (Fsp3) is 0.0625. The first-order valence-corrected chi connectivity index (χ1v) is 6.50. The molecule has 2 nitrogen and oxygen atoms in total. The second-order valence-electron chi connectivity index (χ2n) is 4.48. The van der Waals surface area contributed by atoms with Crippen LogP contribution in [0.25, 0.3) is 22.6 Å². The minimum Gasteiger partial charge on any atom is -0.329 e. The Hall–Kier alpha value is -2.06. The standard InChI is InChI=1S/C16H13ClN2/c1-11-7-9-13(10-8-11)16-18-14(15(17)19-16)12-5-3-2-4-6-12/h2-10H,1H3,(H,18,19). The number of aromatic nitrogens is 2. The minimum atomic E-state index is 0.571. The molecule has 3 aromatic rings. The van der Waals surface area contributed by atoms with Gasteiger partial charge in [-0.05, 0) is 6.92 Å². The molecule has 1 N–H and O–H groups in total. The van der Waals surface area contributed by atoms with E-state index in [1.807, 2.05) is 42.5 Å². The summed E-state index contributed by atoms with van der Waals surface area (Å²) < 4.78 is 0. The van der Waals surface area contributed by atoms with Gasteiger partial charge < -0.3 is 4.98 Å². The Labute approximate surface area is 117 Å². The van der Waals surface area contributed by atoms with Crippen LogP contribution in [0.5, 0.6) is 0 Å². The Morgan fingerprint density at radius 1 is 0.895 bits per heavy atom. The largest absolute Gasteiger partial charge is 0.329 e. The summed E-state index contributed by atoms with van der Waals surface area (Å²) in [6, 6.07) is 18.1. The molecule has 0 aliphatic carbocycles. The van der Waals surface area contributed by atoms with Crippen molar-refractivity contribution < 1.29 is 0 Å². The molecule has 0 aliphatic rings. The normalized spacial score (nSPS) is 10.6. The Morgan fingerprint density at radius 2 is 1.58 bits per heavy atom. The van der Waals surface area contributed by atoms with E-state index in [0.717, 1.165) is 22.6 Å². The van der Waals surface area contributed by atoms with E-state index in [4.69, 9.17) is 11.6 Å². The van der Waals surface area contributed by atoms with Crippen LogP contribution in [-0.2, 0) is 0 Å². The number of halogens is 1. The highest BCUT2D eigenvalue weighted by molar-refractivity contribution is 6.32. The quantitative estimate of drug-likeness (QED) is 0.717. The van der Waals surface area contributed by atoms with Crippen molar-refractivity contribution in [2.45, 2.75) is 6.92 Å². The zero-order valence-corrected chi connectivity index (χ0v) is 11.3. The van der Waals surface area contributed by atoms with Gasteiger partial charge in [-0.15, -0.1) is 0 Å². The van der Waals surface area contributed by atoms with Crippen molar-refractivity contribution in [1.29, 1.82) is 0 Å². The summed E-state index contributed by atoms with van der Waals surface area (Å²) >= 11 is 6.24. The predicted molar refractivity (Wildman–Crippen MR) is 79.2 cm³/mol. The average Bonchev–Trinajstić information content (AvgIpc) is 2.83. The number of rotatable bonds is 2. The van der Waals surface area contributed by atoms with Crippen molar-refractivity contribution >= 4 is 11.6 Å². The van der Waals surface area contributed by atoms with Gasteiger partial charge in [-0.25, -0.2) is 4.98 Å². The van der Waals surface area contributed by atoms with E-state index < -0.39 is 0 Å². The SMILES string of the molecule is Cc1ccc(-c2nc(-c3ccccc3)c(Cl)[nH]2)cc1. The van der Waals surface area contributed by atoms with Crippen molar-refractivity contribution in [3.8, 4) is 22.6 Å². The molecule has 1 aromatic heterocycles. The second-order valence-corrected chi connectivity index (χ2v) is 4.86. The van der Waals surface area contributed by atoms with Crippen LogP contribution in [0.4, 0.5) is 0 Å². The van der Waals surface area contributed by atoms with Crippen molar-refractivity contribution in [1.82, 2.24) is 9.97 Å². The number of aromatic amines is 1. The molecular weight excluding hydrogens is 256 g/mol. The van der Waals surface area contributed by atoms with Gasteiger partial charge >= 0.3 is 0 Å². The molecule has 94 valence electrons. The lowest BCUT2D eigenvalue weighted by Gasteiger charge is -1.97. The predicted octanol–water partition coefficient (Wildman–Crippen LogP) is 4.71. The zero-order chi connectivity index (χ0) is 13.2. The van der Waals surface area contributed by atoms with Gasteiger partial charge in [0.2, 0.25) is 0 Å². The second kappa shape index (κ2) is 4.90. The molecule has 0 bridgehead atoms. The van der Waals surface area contributed by atoms with Crippen LogP contribution in [0.3, 0.4) is 0 Å². The molecular formula is C16H13ClN2. The summed E-state index contributed by atoms with van der Waals surface area (Å²) in [5, 5.41) is 0.571. The van der Waals surface area contributed by atoms with Crippen LogP contribution in [0, 0.1) is 6.92 Å². The van der Waals surface area contributed by atoms with Gasteiger partial charge in [0, 0.05) is 11.1 Å². The van der Waals surface area contributed by atoms with E-state index in [-0.39, 0.29) is 0 Å². The maximum atomic E-state index is 6.24. The third-order valence-corrected chi connectivity index (χ3v) is 3.31. The molecule has 0 fully saturated rings. The molecule has 0 atom stereocenters. The topological polar surface area (TPSA) is 28.7 Å². The molecule has 0 amide bonds. The van der Waals surface area contributed by atoms with Crippen LogP contribution in [0.15, 0.2) is 54.6 Å². The number of hydrogen-bond acceptors (Lipinski definition) is 1. The number of H-pyrrole nitrogens is 1. The molecule has 1 heterocycles. The van der Waals surface area contributed by atoms with Gasteiger partial charge in [-0.3, -0.25) is 0 Å². The highest BCUT2D eigenvalue weighted by Gasteiger charge is 2.11. The molecule has 19 heavy (non-hydrogen) atoms. The Kier molecular flexibility index (Phi) is 3.10. The summed E-state index contributed by atoms with van der Waals surface area (Å²) in [5.74, 6) is 0.795. The fourth-order valence-corrected chi connectivity index (χ4v) is 2.23. The van der Waals surface area contributed by atoms with E-state index in [1.165, 1.54) is 5.56 Å². The number of hydrogen-bond donors (Lipinski definition) is 1. The summed E-state index contributed by atoms with van der Waals surface area (Å²) in [6.45, 7) is 2.06. The zero-order valence-electron chi connectivity index (χ0n) is 10.5. The summed E-state index contributed by atoms with van der Waals surface area (Å²) in [4.78, 5) is 7.73. The monoisotopic (exact) mass is 268 g/mol. The van der Waals surface area contributed by atoms with Crippen LogP contribution in [-0.4, -0.2) is 9.97 Å². The van der Waals surface area contributed by atoms with Gasteiger partial charge in [0.25, 0.3) is 0 Å². The molecule has 0 unspecified atom stereocenters. The van der Waals surface area contributed by atoms with Crippen LogP contribution in [0.1, 0.15) is 5.56 Å². The third kappa shape index (κ3) is 2.40. The van der Waals surface area contributed by atoms with Gasteiger partial charge in [0.1, 0.15) is 16.7 Å². The Morgan fingerprint density at radius 3 is 2.26 bits per heavy atom. The van der Waals surface area contributed by atoms with E-state index in [1.54, 1.807) is 0 Å². The molecule has 3 rings (SSSR count). The first-order chi connectivity index (χ1) is 9.24. The van der Waals surface area contributed by atoms with Crippen molar-refractivity contribution in [3.63, 3.8) is 0 Å². The van der Waals surface area contributed by atoms with E-state index >= 15 is 0 Å². The minimum absolute atomic E-state index is 0.571. The smallest absolute Gasteiger partial charge is 0.139 e. The van der Waals surface area contributed by atoms with Gasteiger partial charge in [0.05, 0.1) is 0 Å². The van der Waals surface area contributed by atoms with E-state index in [9.17, 15) is 0 Å². The fourth-order valence-electron chi connectivity index (χ4n) is 1.99. The van der Waals surface area contributed by atoms with E-state index in [2.05, 4.69) is 29.0 Å². The molecule has 0 aliphatic heterocycles. The third-order valence-electron chi connectivity index (χ3n) is 3.03. The highest BCUT2D eigenvalue weighted by Crippen LogP contribution is 2.29. The highest BCUT2D eigenvalue weighted by atomic mass is 35.5. The lowest BCUT2D eigenvalue weighted by atomic mass is 10.1. The molecule has 0 saturated carbocycles. The number of benzene rings is 2. The molecule has 0 spiro atoms. The maximum Gasteiger partial charge on any atom is 0.139 e. The number of nitrogens with one attached hydrogen (secondary N) is 1. The van der Waals surface area contributed by atoms with Gasteiger partial charge in [-0.2, -0.15) is 0 Å². The first kappa shape index (κ1) is 12.0. The van der Waals surface area contributed by atoms with Crippen LogP contribution < -0.4 is 0 Å². The average molecular weight is 269 g/mol. The Bertz CT molecular complexity index is 685. The lowest BCUT2D eigenvalue weighted by molar-refractivity contribution is 1.30. The number of imidazole rings is 1. The van der Waals surface area contributed by atoms with Crippen LogP contribution >= 0.6 is 11.6 Å². The molecule has 0 saturated heterocycles. The summed E-state index contributed by atoms with van der Waals surface area (Å²) in [5.41, 5.74) is 4.07. The van der Waals surface area contributed by atoms with Crippen molar-refractivity contribution in [2.24, 2.45) is 0 Å². The summed E-state index contributed by atoms with van der Waals surface area (Å²) in [6.07, 6.45) is 0. The Balaban J connectivity index is 2.04. The number of aryl methyl sites for hydroxylation is 1. The number of nitrogens with zero attached hydrogens (tertiary/aromatic N) is 1. The molecule has 3 heteroatoms.